The maximum atomic E-state index is 13.3. The first-order valence-electron chi connectivity index (χ1n) is 5.79. The molecular weight excluding hydrogens is 278 g/mol. The van der Waals surface area contributed by atoms with E-state index < -0.39 is 35.4 Å². The van der Waals surface area contributed by atoms with Gasteiger partial charge in [-0.2, -0.15) is 0 Å². The first kappa shape index (κ1) is 16.4. The molecule has 1 amide bonds. The van der Waals surface area contributed by atoms with Crippen molar-refractivity contribution in [2.45, 2.75) is 33.2 Å². The molecule has 0 atom stereocenters. The first-order chi connectivity index (χ1) is 8.96. The van der Waals surface area contributed by atoms with Crippen LogP contribution in [0.3, 0.4) is 0 Å². The van der Waals surface area contributed by atoms with Gasteiger partial charge in [0.25, 0.3) is 11.8 Å². The maximum absolute atomic E-state index is 13.3. The molecule has 0 unspecified atom stereocenters. The van der Waals surface area contributed by atoms with Crippen molar-refractivity contribution in [3.8, 4) is 0 Å². The van der Waals surface area contributed by atoms with Crippen LogP contribution in [0.2, 0.25) is 0 Å². The SMILES string of the molecule is CC(F)(F)C(C)(C)C(=O)N(O)Cc1ccc(F)c(F)c1. The highest BCUT2D eigenvalue weighted by Crippen LogP contribution is 2.37. The molecule has 0 aliphatic carbocycles. The van der Waals surface area contributed by atoms with Gasteiger partial charge in [0.1, 0.15) is 5.41 Å². The fraction of sp³-hybridized carbons (Fsp3) is 0.462. The van der Waals surface area contributed by atoms with E-state index in [9.17, 15) is 27.6 Å². The number of hydroxylamine groups is 2. The molecule has 0 aliphatic rings. The van der Waals surface area contributed by atoms with E-state index in [4.69, 9.17) is 0 Å². The third kappa shape index (κ3) is 3.27. The van der Waals surface area contributed by atoms with Gasteiger partial charge in [-0.3, -0.25) is 10.0 Å². The largest absolute Gasteiger partial charge is 0.286 e. The lowest BCUT2D eigenvalue weighted by Crippen LogP contribution is -2.48. The van der Waals surface area contributed by atoms with E-state index in [-0.39, 0.29) is 10.6 Å². The lowest BCUT2D eigenvalue weighted by molar-refractivity contribution is -0.196. The molecule has 1 N–H and O–H groups in total. The number of nitrogens with zero attached hydrogens (tertiary/aromatic N) is 1. The molecule has 0 aromatic heterocycles. The minimum absolute atomic E-state index is 0.0735. The predicted molar refractivity (Wildman–Crippen MR) is 63.1 cm³/mol. The van der Waals surface area contributed by atoms with Crippen molar-refractivity contribution in [3.05, 3.63) is 35.4 Å². The summed E-state index contributed by atoms with van der Waals surface area (Å²) in [4.78, 5) is 11.8. The highest BCUT2D eigenvalue weighted by molar-refractivity contribution is 5.82. The van der Waals surface area contributed by atoms with E-state index in [1.165, 1.54) is 0 Å². The first-order valence-corrected chi connectivity index (χ1v) is 5.79. The Balaban J connectivity index is 2.88. The topological polar surface area (TPSA) is 40.5 Å². The van der Waals surface area contributed by atoms with Crippen LogP contribution in [0.25, 0.3) is 0 Å². The summed E-state index contributed by atoms with van der Waals surface area (Å²) in [5.41, 5.74) is -2.05. The smallest absolute Gasteiger partial charge is 0.259 e. The molecule has 1 aromatic rings. The van der Waals surface area contributed by atoms with Gasteiger partial charge in [0.2, 0.25) is 0 Å². The summed E-state index contributed by atoms with van der Waals surface area (Å²) in [5.74, 6) is -6.79. The Morgan fingerprint density at radius 1 is 1.20 bits per heavy atom. The van der Waals surface area contributed by atoms with Crippen molar-refractivity contribution >= 4 is 5.91 Å². The highest BCUT2D eigenvalue weighted by Gasteiger charge is 2.49. The molecule has 3 nitrogen and oxygen atoms in total. The van der Waals surface area contributed by atoms with Crippen LogP contribution in [0.5, 0.6) is 0 Å². The zero-order valence-electron chi connectivity index (χ0n) is 11.3. The molecule has 0 spiro atoms. The van der Waals surface area contributed by atoms with Crippen LogP contribution in [-0.2, 0) is 11.3 Å². The normalized spacial score (nSPS) is 12.4. The van der Waals surface area contributed by atoms with Gasteiger partial charge in [-0.1, -0.05) is 6.07 Å². The van der Waals surface area contributed by atoms with Gasteiger partial charge in [-0.25, -0.2) is 22.6 Å². The molecule has 1 rings (SSSR count). The van der Waals surface area contributed by atoms with Crippen LogP contribution in [-0.4, -0.2) is 22.1 Å². The molecule has 0 fully saturated rings. The molecule has 0 aliphatic heterocycles. The summed E-state index contributed by atoms with van der Waals surface area (Å²) in [6, 6.07) is 2.75. The van der Waals surface area contributed by atoms with Crippen LogP contribution in [0.1, 0.15) is 26.3 Å². The molecule has 0 saturated carbocycles. The minimum Gasteiger partial charge on any atom is -0.286 e. The van der Waals surface area contributed by atoms with Gasteiger partial charge < -0.3 is 0 Å². The molecule has 0 radical (unpaired) electrons. The fourth-order valence-corrected chi connectivity index (χ4v) is 1.39. The lowest BCUT2D eigenvalue weighted by Gasteiger charge is -2.32. The van der Waals surface area contributed by atoms with E-state index in [1.807, 2.05) is 0 Å². The summed E-state index contributed by atoms with van der Waals surface area (Å²) < 4.78 is 52.3. The number of rotatable bonds is 4. The average Bonchev–Trinajstić information content (AvgIpc) is 2.31. The van der Waals surface area contributed by atoms with Crippen LogP contribution in [0, 0.1) is 17.0 Å². The highest BCUT2D eigenvalue weighted by atomic mass is 19.3. The second-order valence-corrected chi connectivity index (χ2v) is 5.12. The number of hydrogen-bond donors (Lipinski definition) is 1. The van der Waals surface area contributed by atoms with Gasteiger partial charge in [0.05, 0.1) is 6.54 Å². The Kier molecular flexibility index (Phi) is 4.43. The van der Waals surface area contributed by atoms with Gasteiger partial charge in [-0.15, -0.1) is 0 Å². The molecule has 112 valence electrons. The zero-order chi connectivity index (χ0) is 15.7. The second-order valence-electron chi connectivity index (χ2n) is 5.12. The molecule has 7 heteroatoms. The third-order valence-electron chi connectivity index (χ3n) is 3.18. The molecule has 0 saturated heterocycles. The number of hydrogen-bond acceptors (Lipinski definition) is 2. The molecular formula is C13H15F4NO2. The van der Waals surface area contributed by atoms with Gasteiger partial charge >= 0.3 is 0 Å². The van der Waals surface area contributed by atoms with Crippen molar-refractivity contribution < 1.29 is 27.6 Å². The monoisotopic (exact) mass is 293 g/mol. The second kappa shape index (κ2) is 5.40. The minimum atomic E-state index is -3.35. The quantitative estimate of drug-likeness (QED) is 0.525. The van der Waals surface area contributed by atoms with E-state index >= 15 is 0 Å². The Morgan fingerprint density at radius 2 is 1.75 bits per heavy atom. The van der Waals surface area contributed by atoms with Crippen molar-refractivity contribution in [2.75, 3.05) is 0 Å². The Morgan fingerprint density at radius 3 is 2.20 bits per heavy atom. The van der Waals surface area contributed by atoms with E-state index in [0.29, 0.717) is 6.92 Å². The van der Waals surface area contributed by atoms with Crippen LogP contribution < -0.4 is 0 Å². The van der Waals surface area contributed by atoms with E-state index in [0.717, 1.165) is 32.0 Å². The van der Waals surface area contributed by atoms with Crippen molar-refractivity contribution in [3.63, 3.8) is 0 Å². The van der Waals surface area contributed by atoms with Crippen molar-refractivity contribution in [1.29, 1.82) is 0 Å². The summed E-state index contributed by atoms with van der Waals surface area (Å²) in [5, 5.41) is 9.64. The number of halogens is 4. The molecule has 1 aromatic carbocycles. The number of carbonyl (C=O) groups excluding carboxylic acids is 1. The Bertz CT molecular complexity index is 512. The summed E-state index contributed by atoms with van der Waals surface area (Å²) in [6.07, 6.45) is 0. The molecule has 0 bridgehead atoms. The number of carbonyl (C=O) groups is 1. The van der Waals surface area contributed by atoms with Crippen LogP contribution >= 0.6 is 0 Å². The maximum Gasteiger partial charge on any atom is 0.259 e. The standard InChI is InChI=1S/C13H15F4NO2/c1-12(2,13(3,16)17)11(19)18(20)7-8-4-5-9(14)10(15)6-8/h4-6,20H,7H2,1-3H3. The van der Waals surface area contributed by atoms with Gasteiger partial charge in [-0.05, 0) is 31.5 Å². The summed E-state index contributed by atoms with van der Waals surface area (Å²) in [7, 11) is 0. The third-order valence-corrected chi connectivity index (χ3v) is 3.18. The zero-order valence-corrected chi connectivity index (χ0v) is 11.3. The van der Waals surface area contributed by atoms with Crippen molar-refractivity contribution in [2.24, 2.45) is 5.41 Å². The lowest BCUT2D eigenvalue weighted by atomic mass is 9.85. The number of alkyl halides is 2. The predicted octanol–water partition coefficient (Wildman–Crippen LogP) is 3.36. The summed E-state index contributed by atoms with van der Waals surface area (Å²) in [6.45, 7) is 2.03. The van der Waals surface area contributed by atoms with E-state index in [1.54, 1.807) is 0 Å². The number of amides is 1. The average molecular weight is 293 g/mol. The fourth-order valence-electron chi connectivity index (χ4n) is 1.39. The van der Waals surface area contributed by atoms with E-state index in [2.05, 4.69) is 0 Å². The number of benzene rings is 1. The summed E-state index contributed by atoms with van der Waals surface area (Å²) >= 11 is 0. The van der Waals surface area contributed by atoms with Crippen LogP contribution in [0.4, 0.5) is 17.6 Å². The van der Waals surface area contributed by atoms with Gasteiger partial charge in [0, 0.05) is 6.92 Å². The molecule has 0 heterocycles. The van der Waals surface area contributed by atoms with Crippen molar-refractivity contribution in [1.82, 2.24) is 5.06 Å². The molecule has 20 heavy (non-hydrogen) atoms. The van der Waals surface area contributed by atoms with Gasteiger partial charge in [0.15, 0.2) is 11.6 Å². The van der Waals surface area contributed by atoms with Crippen LogP contribution in [0.15, 0.2) is 18.2 Å². The Hall–Kier alpha value is -1.63. The Labute approximate surface area is 113 Å².